The van der Waals surface area contributed by atoms with Crippen LogP contribution in [0.4, 0.5) is 13.2 Å². The van der Waals surface area contributed by atoms with Crippen LogP contribution in [0.2, 0.25) is 0 Å². The molecule has 0 radical (unpaired) electrons. The summed E-state index contributed by atoms with van der Waals surface area (Å²) in [6, 6.07) is 4.18. The highest BCUT2D eigenvalue weighted by atomic mass is 32.1. The van der Waals surface area contributed by atoms with Crippen LogP contribution in [0.1, 0.15) is 32.3 Å². The van der Waals surface area contributed by atoms with Crippen molar-refractivity contribution in [1.29, 1.82) is 0 Å². The summed E-state index contributed by atoms with van der Waals surface area (Å²) in [6.07, 6.45) is 0.983. The quantitative estimate of drug-likeness (QED) is 0.739. The van der Waals surface area contributed by atoms with E-state index in [0.29, 0.717) is 12.1 Å². The molecule has 0 saturated carbocycles. The molecule has 0 bridgehead atoms. The van der Waals surface area contributed by atoms with Crippen LogP contribution in [0.5, 0.6) is 0 Å². The van der Waals surface area contributed by atoms with Gasteiger partial charge in [-0.1, -0.05) is 0 Å². The van der Waals surface area contributed by atoms with Gasteiger partial charge >= 0.3 is 12.1 Å². The zero-order valence-corrected chi connectivity index (χ0v) is 18.4. The van der Waals surface area contributed by atoms with Crippen LogP contribution < -0.4 is 0 Å². The molecule has 4 heterocycles. The maximum atomic E-state index is 10.6. The smallest absolute Gasteiger partial charge is 0.475 e. The number of hydrogen-bond donors (Lipinski definition) is 1. The van der Waals surface area contributed by atoms with Gasteiger partial charge in [-0.15, -0.1) is 0 Å². The Balaban J connectivity index is 0.000000339. The average molecular weight is 460 g/mol. The maximum Gasteiger partial charge on any atom is 0.490 e. The molecule has 7 nitrogen and oxygen atoms in total. The second-order valence-electron chi connectivity index (χ2n) is 8.33. The summed E-state index contributed by atoms with van der Waals surface area (Å²) in [6.45, 7) is 9.22. The molecule has 2 aliphatic rings. The maximum absolute atomic E-state index is 10.6. The lowest BCUT2D eigenvalue weighted by atomic mass is 9.91. The van der Waals surface area contributed by atoms with Crippen LogP contribution in [0, 0.1) is 5.92 Å². The second-order valence-corrected chi connectivity index (χ2v) is 9.11. The SMILES string of the molecule is CC(C)N1[C@H](Cn2cncn2)C[C@@H]2CN(Cc3ccsc3)CC[C@@H]21.O=C(O)C(F)(F)F. The summed E-state index contributed by atoms with van der Waals surface area (Å²) in [4.78, 5) is 18.4. The van der Waals surface area contributed by atoms with Gasteiger partial charge in [0.2, 0.25) is 0 Å². The summed E-state index contributed by atoms with van der Waals surface area (Å²) >= 11 is 1.80. The molecule has 0 aliphatic carbocycles. The first-order valence-corrected chi connectivity index (χ1v) is 11.2. The average Bonchev–Trinajstić information content (AvgIpc) is 3.42. The molecule has 1 N–H and O–H groups in total. The number of alkyl halides is 3. The number of likely N-dealkylation sites (tertiary alicyclic amines) is 2. The molecular formula is C20H28F3N5O2S. The van der Waals surface area contributed by atoms with Crippen molar-refractivity contribution in [3.63, 3.8) is 0 Å². The van der Waals surface area contributed by atoms with E-state index in [1.807, 2.05) is 11.0 Å². The molecule has 0 unspecified atom stereocenters. The topological polar surface area (TPSA) is 74.5 Å². The molecule has 2 aromatic rings. The lowest BCUT2D eigenvalue weighted by Gasteiger charge is -2.40. The third-order valence-electron chi connectivity index (χ3n) is 5.85. The standard InChI is InChI=1S/C18H27N5S.C2HF3O2/c1-14(2)23-17(10-22-13-19-12-20-22)7-16-9-21(5-3-18(16)23)8-15-4-6-24-11-15;3-2(4,5)1(6)7/h4,6,11-14,16-18H,3,5,7-10H2,1-2H3;(H,6,7)/t16-,17+,18+;/m1./s1. The van der Waals surface area contributed by atoms with E-state index in [1.54, 1.807) is 17.7 Å². The Morgan fingerprint density at radius 3 is 2.68 bits per heavy atom. The molecule has 3 atom stereocenters. The van der Waals surface area contributed by atoms with Crippen molar-refractivity contribution in [1.82, 2.24) is 24.6 Å². The van der Waals surface area contributed by atoms with Gasteiger partial charge in [0.15, 0.2) is 0 Å². The van der Waals surface area contributed by atoms with E-state index in [1.165, 1.54) is 31.5 Å². The van der Waals surface area contributed by atoms with Crippen LogP contribution in [-0.2, 0) is 17.9 Å². The first-order valence-electron chi connectivity index (χ1n) is 10.3. The van der Waals surface area contributed by atoms with E-state index < -0.39 is 12.1 Å². The minimum absolute atomic E-state index is 0.586. The molecular weight excluding hydrogens is 431 g/mol. The number of fused-ring (bicyclic) bond motifs is 1. The summed E-state index contributed by atoms with van der Waals surface area (Å²) < 4.78 is 33.7. The van der Waals surface area contributed by atoms with E-state index >= 15 is 0 Å². The van der Waals surface area contributed by atoms with E-state index in [-0.39, 0.29) is 0 Å². The van der Waals surface area contributed by atoms with E-state index in [9.17, 15) is 13.2 Å². The predicted octanol–water partition coefficient (Wildman–Crippen LogP) is 3.35. The third kappa shape index (κ3) is 6.27. The molecule has 11 heteroatoms. The van der Waals surface area contributed by atoms with Crippen molar-refractivity contribution in [2.24, 2.45) is 5.92 Å². The van der Waals surface area contributed by atoms with Crippen molar-refractivity contribution in [2.45, 2.75) is 64.1 Å². The Morgan fingerprint density at radius 2 is 2.13 bits per heavy atom. The highest BCUT2D eigenvalue weighted by Crippen LogP contribution is 2.38. The Labute approximate surface area is 183 Å². The minimum Gasteiger partial charge on any atom is -0.475 e. The summed E-state index contributed by atoms with van der Waals surface area (Å²) in [5.74, 6) is -1.97. The lowest BCUT2D eigenvalue weighted by molar-refractivity contribution is -0.192. The fourth-order valence-electron chi connectivity index (χ4n) is 4.76. The van der Waals surface area contributed by atoms with Gasteiger partial charge in [-0.25, -0.2) is 9.78 Å². The molecule has 2 saturated heterocycles. The summed E-state index contributed by atoms with van der Waals surface area (Å²) in [5, 5.41) is 15.9. The molecule has 0 amide bonds. The highest BCUT2D eigenvalue weighted by Gasteiger charge is 2.44. The number of thiophene rings is 1. The minimum atomic E-state index is -5.08. The fourth-order valence-corrected chi connectivity index (χ4v) is 5.42. The van der Waals surface area contributed by atoms with Gasteiger partial charge in [-0.2, -0.15) is 29.6 Å². The number of carboxylic acids is 1. The zero-order valence-electron chi connectivity index (χ0n) is 17.6. The number of carboxylic acid groups (broad SMARTS) is 1. The monoisotopic (exact) mass is 459 g/mol. The van der Waals surface area contributed by atoms with E-state index in [2.05, 4.69) is 50.6 Å². The number of hydrogen-bond acceptors (Lipinski definition) is 6. The molecule has 0 spiro atoms. The van der Waals surface area contributed by atoms with Crippen molar-refractivity contribution < 1.29 is 23.1 Å². The zero-order chi connectivity index (χ0) is 22.6. The third-order valence-corrected chi connectivity index (χ3v) is 6.58. The molecule has 4 rings (SSSR count). The van der Waals surface area contributed by atoms with Crippen LogP contribution in [0.15, 0.2) is 29.5 Å². The van der Waals surface area contributed by atoms with Crippen molar-refractivity contribution in [3.05, 3.63) is 35.0 Å². The lowest BCUT2D eigenvalue weighted by Crippen LogP contribution is -2.49. The Kier molecular flexibility index (Phi) is 7.71. The van der Waals surface area contributed by atoms with Crippen LogP contribution in [0.25, 0.3) is 0 Å². The van der Waals surface area contributed by atoms with Crippen molar-refractivity contribution >= 4 is 17.3 Å². The fraction of sp³-hybridized carbons (Fsp3) is 0.650. The van der Waals surface area contributed by atoms with Crippen LogP contribution in [-0.4, -0.2) is 73.0 Å². The number of aliphatic carboxylic acids is 1. The second kappa shape index (κ2) is 10.1. The molecule has 31 heavy (non-hydrogen) atoms. The first kappa shape index (κ1) is 23.7. The summed E-state index contributed by atoms with van der Waals surface area (Å²) in [7, 11) is 0. The molecule has 0 aromatic carbocycles. The normalized spacial score (nSPS) is 24.6. The largest absolute Gasteiger partial charge is 0.490 e. The van der Waals surface area contributed by atoms with Gasteiger partial charge in [0.1, 0.15) is 12.7 Å². The molecule has 172 valence electrons. The molecule has 2 fully saturated rings. The number of rotatable bonds is 5. The first-order chi connectivity index (χ1) is 14.6. The number of halogens is 3. The highest BCUT2D eigenvalue weighted by molar-refractivity contribution is 7.07. The van der Waals surface area contributed by atoms with Gasteiger partial charge in [-0.05, 0) is 61.5 Å². The Bertz CT molecular complexity index is 813. The van der Waals surface area contributed by atoms with Crippen molar-refractivity contribution in [3.8, 4) is 0 Å². The van der Waals surface area contributed by atoms with Gasteiger partial charge in [0.05, 0.1) is 6.54 Å². The van der Waals surface area contributed by atoms with Gasteiger partial charge in [-0.3, -0.25) is 14.5 Å². The Morgan fingerprint density at radius 1 is 1.39 bits per heavy atom. The van der Waals surface area contributed by atoms with E-state index in [0.717, 1.165) is 25.0 Å². The van der Waals surface area contributed by atoms with Crippen molar-refractivity contribution in [2.75, 3.05) is 13.1 Å². The molecule has 2 aromatic heterocycles. The number of carbonyl (C=O) groups is 1. The number of piperidine rings is 1. The summed E-state index contributed by atoms with van der Waals surface area (Å²) in [5.41, 5.74) is 1.47. The van der Waals surface area contributed by atoms with Crippen LogP contribution >= 0.6 is 11.3 Å². The van der Waals surface area contributed by atoms with Gasteiger partial charge in [0, 0.05) is 31.2 Å². The molecule has 2 aliphatic heterocycles. The number of aromatic nitrogens is 3. The van der Waals surface area contributed by atoms with E-state index in [4.69, 9.17) is 9.90 Å². The predicted molar refractivity (Wildman–Crippen MR) is 111 cm³/mol. The number of nitrogens with zero attached hydrogens (tertiary/aromatic N) is 5. The van der Waals surface area contributed by atoms with Gasteiger partial charge < -0.3 is 5.11 Å². The Hall–Kier alpha value is -1.98. The van der Waals surface area contributed by atoms with Crippen LogP contribution in [0.3, 0.4) is 0 Å². The van der Waals surface area contributed by atoms with Gasteiger partial charge in [0.25, 0.3) is 0 Å².